The Balaban J connectivity index is 1.88. The molecule has 92 valence electrons. The minimum absolute atomic E-state index is 0.139. The molecule has 1 aliphatic heterocycles. The molecule has 1 unspecified atom stereocenters. The van der Waals surface area contributed by atoms with E-state index < -0.39 is 0 Å². The van der Waals surface area contributed by atoms with E-state index >= 15 is 0 Å². The fraction of sp³-hybridized carbons (Fsp3) is 0.923. The Labute approximate surface area is 104 Å². The summed E-state index contributed by atoms with van der Waals surface area (Å²) in [6.07, 6.45) is 9.45. The molecule has 2 aliphatic rings. The average Bonchev–Trinajstić information content (AvgIpc) is 2.30. The Kier molecular flexibility index (Phi) is 3.83. The van der Waals surface area contributed by atoms with Gasteiger partial charge in [0.15, 0.2) is 0 Å². The lowest BCUT2D eigenvalue weighted by molar-refractivity contribution is -0.133. The Hall–Kier alpha value is -0.180. The number of piperidine rings is 1. The molecule has 1 amide bonds. The van der Waals surface area contributed by atoms with E-state index in [0.29, 0.717) is 5.41 Å². The molecule has 1 saturated carbocycles. The second kappa shape index (κ2) is 4.99. The lowest BCUT2D eigenvalue weighted by Crippen LogP contribution is -2.45. The SMILES string of the molecule is CC(S)C(=O)N1CCC2(CCCCC2)CC1. The first-order valence-corrected chi connectivity index (χ1v) is 7.12. The van der Waals surface area contributed by atoms with Crippen molar-refractivity contribution in [1.82, 2.24) is 4.90 Å². The largest absolute Gasteiger partial charge is 0.342 e. The van der Waals surface area contributed by atoms with Crippen LogP contribution < -0.4 is 0 Å². The van der Waals surface area contributed by atoms with Crippen LogP contribution in [-0.4, -0.2) is 29.1 Å². The molecule has 0 aromatic carbocycles. The summed E-state index contributed by atoms with van der Waals surface area (Å²) >= 11 is 4.23. The van der Waals surface area contributed by atoms with Gasteiger partial charge in [-0.1, -0.05) is 19.3 Å². The molecule has 2 nitrogen and oxygen atoms in total. The highest BCUT2D eigenvalue weighted by atomic mass is 32.1. The zero-order valence-corrected chi connectivity index (χ0v) is 11.1. The van der Waals surface area contributed by atoms with E-state index in [4.69, 9.17) is 0 Å². The van der Waals surface area contributed by atoms with Crippen molar-refractivity contribution >= 4 is 18.5 Å². The summed E-state index contributed by atoms with van der Waals surface area (Å²) < 4.78 is 0. The molecule has 2 rings (SSSR count). The van der Waals surface area contributed by atoms with Crippen molar-refractivity contribution in [2.45, 2.75) is 57.1 Å². The number of nitrogens with zero attached hydrogens (tertiary/aromatic N) is 1. The highest BCUT2D eigenvalue weighted by Crippen LogP contribution is 2.44. The first kappa shape index (κ1) is 12.3. The zero-order chi connectivity index (χ0) is 11.6. The van der Waals surface area contributed by atoms with Gasteiger partial charge in [0.05, 0.1) is 5.25 Å². The Morgan fingerprint density at radius 3 is 2.19 bits per heavy atom. The van der Waals surface area contributed by atoms with E-state index in [-0.39, 0.29) is 11.2 Å². The smallest absolute Gasteiger partial charge is 0.235 e. The third-order valence-electron chi connectivity index (χ3n) is 4.41. The third kappa shape index (κ3) is 2.55. The summed E-state index contributed by atoms with van der Waals surface area (Å²) in [6.45, 7) is 3.80. The number of likely N-dealkylation sites (tertiary alicyclic amines) is 1. The summed E-state index contributed by atoms with van der Waals surface area (Å²) in [5.74, 6) is 0.217. The van der Waals surface area contributed by atoms with Crippen LogP contribution in [0.4, 0.5) is 0 Å². The van der Waals surface area contributed by atoms with E-state index in [9.17, 15) is 4.79 Å². The first-order valence-electron chi connectivity index (χ1n) is 6.60. The molecule has 16 heavy (non-hydrogen) atoms. The van der Waals surface area contributed by atoms with Crippen molar-refractivity contribution in [2.24, 2.45) is 5.41 Å². The van der Waals surface area contributed by atoms with Gasteiger partial charge in [0.2, 0.25) is 5.91 Å². The molecule has 1 heterocycles. The molecule has 1 saturated heterocycles. The van der Waals surface area contributed by atoms with Crippen LogP contribution in [0.5, 0.6) is 0 Å². The second-order valence-corrected chi connectivity index (χ2v) is 6.34. The number of rotatable bonds is 1. The molecule has 1 spiro atoms. The van der Waals surface area contributed by atoms with Gasteiger partial charge in [-0.2, -0.15) is 12.6 Å². The van der Waals surface area contributed by atoms with E-state index in [1.807, 2.05) is 11.8 Å². The summed E-state index contributed by atoms with van der Waals surface area (Å²) in [5.41, 5.74) is 0.592. The zero-order valence-electron chi connectivity index (χ0n) is 10.2. The number of thiol groups is 1. The van der Waals surface area contributed by atoms with Gasteiger partial charge in [-0.15, -0.1) is 0 Å². The lowest BCUT2D eigenvalue weighted by Gasteiger charge is -2.44. The Morgan fingerprint density at radius 1 is 1.12 bits per heavy atom. The second-order valence-electron chi connectivity index (χ2n) is 5.56. The monoisotopic (exact) mass is 241 g/mol. The highest BCUT2D eigenvalue weighted by Gasteiger charge is 2.36. The molecule has 1 atom stereocenters. The van der Waals surface area contributed by atoms with Gasteiger partial charge in [-0.25, -0.2) is 0 Å². The normalized spacial score (nSPS) is 26.8. The van der Waals surface area contributed by atoms with Gasteiger partial charge < -0.3 is 4.90 Å². The maximum absolute atomic E-state index is 11.8. The molecule has 1 aliphatic carbocycles. The maximum atomic E-state index is 11.8. The number of carbonyl (C=O) groups excluding carboxylic acids is 1. The fourth-order valence-corrected chi connectivity index (χ4v) is 3.43. The van der Waals surface area contributed by atoms with Crippen LogP contribution in [0.3, 0.4) is 0 Å². The van der Waals surface area contributed by atoms with E-state index in [1.54, 1.807) is 0 Å². The van der Waals surface area contributed by atoms with Gasteiger partial charge >= 0.3 is 0 Å². The number of hydrogen-bond acceptors (Lipinski definition) is 2. The van der Waals surface area contributed by atoms with E-state index in [2.05, 4.69) is 12.6 Å². The predicted octanol–water partition coefficient (Wildman–Crippen LogP) is 2.88. The minimum Gasteiger partial charge on any atom is -0.342 e. The lowest BCUT2D eigenvalue weighted by atomic mass is 9.68. The minimum atomic E-state index is -0.139. The average molecular weight is 241 g/mol. The number of amides is 1. The number of carbonyl (C=O) groups is 1. The first-order chi connectivity index (χ1) is 7.63. The molecule has 0 aromatic rings. The van der Waals surface area contributed by atoms with Gasteiger partial charge in [0, 0.05) is 13.1 Å². The van der Waals surface area contributed by atoms with Crippen LogP contribution in [0.15, 0.2) is 0 Å². The van der Waals surface area contributed by atoms with E-state index in [1.165, 1.54) is 44.9 Å². The van der Waals surface area contributed by atoms with Crippen LogP contribution >= 0.6 is 12.6 Å². The van der Waals surface area contributed by atoms with Crippen LogP contribution in [0, 0.1) is 5.41 Å². The quantitative estimate of drug-likeness (QED) is 0.700. The Bertz CT molecular complexity index is 249. The molecule has 3 heteroatoms. The Morgan fingerprint density at radius 2 is 1.69 bits per heavy atom. The molecule has 0 aromatic heterocycles. The van der Waals surface area contributed by atoms with Gasteiger partial charge in [0.25, 0.3) is 0 Å². The number of hydrogen-bond donors (Lipinski definition) is 1. The van der Waals surface area contributed by atoms with Crippen LogP contribution in [0.2, 0.25) is 0 Å². The molecule has 0 radical (unpaired) electrons. The summed E-state index contributed by atoms with van der Waals surface area (Å²) in [6, 6.07) is 0. The van der Waals surface area contributed by atoms with Crippen molar-refractivity contribution in [3.05, 3.63) is 0 Å². The third-order valence-corrected chi connectivity index (χ3v) is 4.63. The van der Waals surface area contributed by atoms with Crippen LogP contribution in [-0.2, 0) is 4.79 Å². The summed E-state index contributed by atoms with van der Waals surface area (Å²) in [7, 11) is 0. The van der Waals surface area contributed by atoms with Gasteiger partial charge in [0.1, 0.15) is 0 Å². The molecular formula is C13H23NOS. The summed E-state index contributed by atoms with van der Waals surface area (Å²) in [5, 5.41) is -0.139. The molecular weight excluding hydrogens is 218 g/mol. The molecule has 0 N–H and O–H groups in total. The maximum Gasteiger partial charge on any atom is 0.235 e. The van der Waals surface area contributed by atoms with Crippen molar-refractivity contribution in [3.8, 4) is 0 Å². The molecule has 2 fully saturated rings. The van der Waals surface area contributed by atoms with Gasteiger partial charge in [-0.3, -0.25) is 4.79 Å². The van der Waals surface area contributed by atoms with E-state index in [0.717, 1.165) is 13.1 Å². The van der Waals surface area contributed by atoms with Crippen molar-refractivity contribution in [2.75, 3.05) is 13.1 Å². The van der Waals surface area contributed by atoms with Crippen LogP contribution in [0.25, 0.3) is 0 Å². The van der Waals surface area contributed by atoms with Gasteiger partial charge in [-0.05, 0) is 38.0 Å². The standard InChI is InChI=1S/C13H23NOS/c1-11(16)12(15)14-9-7-13(8-10-14)5-3-2-4-6-13/h11,16H,2-10H2,1H3. The van der Waals surface area contributed by atoms with Crippen LogP contribution in [0.1, 0.15) is 51.9 Å². The topological polar surface area (TPSA) is 20.3 Å². The van der Waals surface area contributed by atoms with Crippen molar-refractivity contribution < 1.29 is 4.79 Å². The predicted molar refractivity (Wildman–Crippen MR) is 69.8 cm³/mol. The fourth-order valence-electron chi connectivity index (χ4n) is 3.27. The van der Waals surface area contributed by atoms with Crippen molar-refractivity contribution in [1.29, 1.82) is 0 Å². The summed E-state index contributed by atoms with van der Waals surface area (Å²) in [4.78, 5) is 13.8. The van der Waals surface area contributed by atoms with Crippen molar-refractivity contribution in [3.63, 3.8) is 0 Å². The highest BCUT2D eigenvalue weighted by molar-refractivity contribution is 7.81. The molecule has 0 bridgehead atoms.